The molecule has 1 N–H and O–H groups in total. The summed E-state index contributed by atoms with van der Waals surface area (Å²) in [6.07, 6.45) is 3.08. The van der Waals surface area contributed by atoms with Crippen molar-refractivity contribution in [2.75, 3.05) is 37.0 Å². The van der Waals surface area contributed by atoms with Crippen molar-refractivity contribution in [3.05, 3.63) is 42.6 Å². The van der Waals surface area contributed by atoms with Crippen LogP contribution in [0.25, 0.3) is 0 Å². The average Bonchev–Trinajstić information content (AvgIpc) is 2.71. The van der Waals surface area contributed by atoms with Gasteiger partial charge in [-0.3, -0.25) is 4.79 Å². The van der Waals surface area contributed by atoms with Gasteiger partial charge < -0.3 is 24.4 Å². The van der Waals surface area contributed by atoms with Crippen LogP contribution in [0.1, 0.15) is 26.7 Å². The molecule has 2 aromatic rings. The number of amides is 1. The Morgan fingerprint density at radius 1 is 1.14 bits per heavy atom. The minimum atomic E-state index is -0.0495. The summed E-state index contributed by atoms with van der Waals surface area (Å²) in [5, 5.41) is 2.89. The molecule has 0 spiro atoms. The zero-order chi connectivity index (χ0) is 20.6. The predicted octanol–water partition coefficient (Wildman–Crippen LogP) is 3.50. The van der Waals surface area contributed by atoms with E-state index in [1.165, 1.54) is 0 Å². The molecule has 0 radical (unpaired) electrons. The number of nitrogens with zero attached hydrogens (tertiary/aromatic N) is 2. The van der Waals surface area contributed by atoms with E-state index in [1.807, 2.05) is 36.4 Å². The van der Waals surface area contributed by atoms with Crippen molar-refractivity contribution in [1.82, 2.24) is 4.98 Å². The summed E-state index contributed by atoms with van der Waals surface area (Å²) in [5.41, 5.74) is 0.698. The van der Waals surface area contributed by atoms with Crippen LogP contribution in [0.5, 0.6) is 11.5 Å². The number of hydrogen-bond acceptors (Lipinski definition) is 6. The van der Waals surface area contributed by atoms with E-state index >= 15 is 0 Å². The molecule has 1 aromatic carbocycles. The Morgan fingerprint density at radius 3 is 2.45 bits per heavy atom. The molecule has 2 heterocycles. The largest absolute Gasteiger partial charge is 0.497 e. The Labute approximate surface area is 172 Å². The van der Waals surface area contributed by atoms with Crippen molar-refractivity contribution in [2.45, 2.75) is 38.9 Å². The number of rotatable bonds is 8. The quantitative estimate of drug-likeness (QED) is 0.685. The van der Waals surface area contributed by atoms with E-state index in [0.29, 0.717) is 25.1 Å². The van der Waals surface area contributed by atoms with Gasteiger partial charge in [0, 0.05) is 19.5 Å². The van der Waals surface area contributed by atoms with Crippen LogP contribution in [0.15, 0.2) is 42.6 Å². The topological polar surface area (TPSA) is 72.9 Å². The van der Waals surface area contributed by atoms with Crippen LogP contribution in [-0.4, -0.2) is 49.9 Å². The van der Waals surface area contributed by atoms with Crippen molar-refractivity contribution >= 4 is 17.4 Å². The maximum absolute atomic E-state index is 12.1. The van der Waals surface area contributed by atoms with Gasteiger partial charge in [-0.15, -0.1) is 0 Å². The zero-order valence-electron chi connectivity index (χ0n) is 17.3. The lowest BCUT2D eigenvalue weighted by molar-refractivity contribution is -0.116. The fourth-order valence-corrected chi connectivity index (χ4v) is 3.33. The Morgan fingerprint density at radius 2 is 1.83 bits per heavy atom. The van der Waals surface area contributed by atoms with Gasteiger partial charge in [0.05, 0.1) is 37.8 Å². The molecule has 2 unspecified atom stereocenters. The van der Waals surface area contributed by atoms with Crippen molar-refractivity contribution < 1.29 is 19.0 Å². The number of morpholine rings is 1. The summed E-state index contributed by atoms with van der Waals surface area (Å²) in [6.45, 7) is 6.24. The molecule has 1 amide bonds. The fraction of sp³-hybridized carbons (Fsp3) is 0.455. The predicted molar refractivity (Wildman–Crippen MR) is 113 cm³/mol. The molecule has 156 valence electrons. The van der Waals surface area contributed by atoms with E-state index in [1.54, 1.807) is 13.3 Å². The molecular weight excluding hydrogens is 370 g/mol. The first-order valence-electron chi connectivity index (χ1n) is 9.96. The first-order chi connectivity index (χ1) is 14.0. The summed E-state index contributed by atoms with van der Waals surface area (Å²) in [5.74, 6) is 2.40. The lowest BCUT2D eigenvalue weighted by Crippen LogP contribution is -2.45. The second-order valence-electron chi connectivity index (χ2n) is 7.24. The van der Waals surface area contributed by atoms with E-state index < -0.39 is 0 Å². The number of carbonyl (C=O) groups is 1. The van der Waals surface area contributed by atoms with Crippen LogP contribution in [0.3, 0.4) is 0 Å². The maximum atomic E-state index is 12.1. The lowest BCUT2D eigenvalue weighted by Gasteiger charge is -2.36. The number of methoxy groups -OCH3 is 1. The van der Waals surface area contributed by atoms with Crippen molar-refractivity contribution in [1.29, 1.82) is 0 Å². The third-order valence-electron chi connectivity index (χ3n) is 4.65. The van der Waals surface area contributed by atoms with Crippen molar-refractivity contribution in [3.63, 3.8) is 0 Å². The molecule has 1 aliphatic heterocycles. The number of aromatic nitrogens is 1. The third-order valence-corrected chi connectivity index (χ3v) is 4.65. The maximum Gasteiger partial charge on any atom is 0.224 e. The molecule has 3 rings (SSSR count). The van der Waals surface area contributed by atoms with Gasteiger partial charge in [-0.1, -0.05) is 0 Å². The Balaban J connectivity index is 1.39. The normalized spacial score (nSPS) is 18.9. The number of pyridine rings is 1. The van der Waals surface area contributed by atoms with Gasteiger partial charge in [-0.2, -0.15) is 0 Å². The minimum absolute atomic E-state index is 0.0495. The summed E-state index contributed by atoms with van der Waals surface area (Å²) < 4.78 is 16.5. The van der Waals surface area contributed by atoms with E-state index in [-0.39, 0.29) is 18.1 Å². The van der Waals surface area contributed by atoms with Gasteiger partial charge in [0.15, 0.2) is 0 Å². The number of carbonyl (C=O) groups excluding carboxylic acids is 1. The van der Waals surface area contributed by atoms with E-state index in [2.05, 4.69) is 29.0 Å². The number of hydrogen-bond donors (Lipinski definition) is 1. The average molecular weight is 399 g/mol. The van der Waals surface area contributed by atoms with Gasteiger partial charge >= 0.3 is 0 Å². The zero-order valence-corrected chi connectivity index (χ0v) is 17.3. The molecule has 1 aliphatic rings. The number of anilines is 2. The van der Waals surface area contributed by atoms with Gasteiger partial charge in [0.1, 0.15) is 17.3 Å². The van der Waals surface area contributed by atoms with E-state index in [0.717, 1.165) is 30.4 Å². The van der Waals surface area contributed by atoms with Crippen LogP contribution >= 0.6 is 0 Å². The highest BCUT2D eigenvalue weighted by molar-refractivity contribution is 5.90. The highest BCUT2D eigenvalue weighted by Gasteiger charge is 2.23. The first-order valence-corrected chi connectivity index (χ1v) is 9.96. The van der Waals surface area contributed by atoms with Gasteiger partial charge in [-0.25, -0.2) is 4.98 Å². The molecule has 1 fully saturated rings. The van der Waals surface area contributed by atoms with Gasteiger partial charge in [0.25, 0.3) is 0 Å². The van der Waals surface area contributed by atoms with Crippen LogP contribution < -0.4 is 19.7 Å². The molecule has 7 heteroatoms. The molecular formula is C22H29N3O4. The monoisotopic (exact) mass is 399 g/mol. The molecule has 2 atom stereocenters. The Hall–Kier alpha value is -2.80. The number of ether oxygens (including phenoxy) is 3. The van der Waals surface area contributed by atoms with Crippen LogP contribution in [0.4, 0.5) is 11.5 Å². The fourth-order valence-electron chi connectivity index (χ4n) is 3.33. The van der Waals surface area contributed by atoms with Crippen molar-refractivity contribution in [2.24, 2.45) is 0 Å². The van der Waals surface area contributed by atoms with Crippen LogP contribution in [-0.2, 0) is 9.53 Å². The summed E-state index contributed by atoms with van der Waals surface area (Å²) >= 11 is 0. The molecule has 1 saturated heterocycles. The van der Waals surface area contributed by atoms with E-state index in [4.69, 9.17) is 14.2 Å². The Kier molecular flexibility index (Phi) is 7.30. The minimum Gasteiger partial charge on any atom is -0.497 e. The van der Waals surface area contributed by atoms with Crippen LogP contribution in [0.2, 0.25) is 0 Å². The molecule has 1 aromatic heterocycles. The summed E-state index contributed by atoms with van der Waals surface area (Å²) in [7, 11) is 1.63. The van der Waals surface area contributed by atoms with Gasteiger partial charge in [-0.05, 0) is 56.7 Å². The third kappa shape index (κ3) is 6.35. The second kappa shape index (κ2) is 10.1. The number of benzene rings is 1. The Bertz CT molecular complexity index is 770. The first kappa shape index (κ1) is 20.9. The van der Waals surface area contributed by atoms with Crippen LogP contribution in [0, 0.1) is 0 Å². The van der Waals surface area contributed by atoms with Gasteiger partial charge in [0.2, 0.25) is 5.91 Å². The van der Waals surface area contributed by atoms with Crippen molar-refractivity contribution in [3.8, 4) is 11.5 Å². The lowest BCUT2D eigenvalue weighted by atomic mass is 10.2. The second-order valence-corrected chi connectivity index (χ2v) is 7.24. The SMILES string of the molecule is COc1ccc(OCCCC(=O)Nc2ccc(N3CC(C)OC(C)C3)nc2)cc1. The summed E-state index contributed by atoms with van der Waals surface area (Å²) in [6, 6.07) is 11.2. The number of nitrogens with one attached hydrogen (secondary N) is 1. The molecule has 7 nitrogen and oxygen atoms in total. The molecule has 0 saturated carbocycles. The summed E-state index contributed by atoms with van der Waals surface area (Å²) in [4.78, 5) is 18.8. The highest BCUT2D eigenvalue weighted by atomic mass is 16.5. The molecule has 0 bridgehead atoms. The highest BCUT2D eigenvalue weighted by Crippen LogP contribution is 2.20. The smallest absolute Gasteiger partial charge is 0.224 e. The molecule has 0 aliphatic carbocycles. The molecule has 29 heavy (non-hydrogen) atoms. The van der Waals surface area contributed by atoms with E-state index in [9.17, 15) is 4.79 Å². The standard InChI is InChI=1S/C22H29N3O4/c1-16-14-25(15-17(2)29-16)21-11-6-18(13-23-21)24-22(26)5-4-12-28-20-9-7-19(27-3)8-10-20/h6-11,13,16-17H,4-5,12,14-15H2,1-3H3,(H,24,26).